The molecule has 0 aliphatic heterocycles. The fourth-order valence-corrected chi connectivity index (χ4v) is 1.10. The van der Waals surface area contributed by atoms with Gasteiger partial charge in [0.1, 0.15) is 5.82 Å². The molecule has 0 unspecified atom stereocenters. The first-order valence-corrected chi connectivity index (χ1v) is 4.79. The molecule has 0 bridgehead atoms. The Balaban J connectivity index is 2.91. The highest BCUT2D eigenvalue weighted by atomic mass is 19.1. The molecule has 0 atom stereocenters. The average Bonchev–Trinajstić information content (AvgIpc) is 2.21. The predicted octanol–water partition coefficient (Wildman–Crippen LogP) is 2.28. The summed E-state index contributed by atoms with van der Waals surface area (Å²) in [5, 5.41) is 0. The first-order valence-electron chi connectivity index (χ1n) is 4.79. The number of nitrogens with two attached hydrogens (primary N) is 1. The summed E-state index contributed by atoms with van der Waals surface area (Å²) in [5.41, 5.74) is 6.31. The largest absolute Gasteiger partial charge is 0.462 e. The van der Waals surface area contributed by atoms with Crippen molar-refractivity contribution in [3.8, 4) is 0 Å². The lowest BCUT2D eigenvalue weighted by atomic mass is 10.1. The van der Waals surface area contributed by atoms with Crippen LogP contribution in [0.2, 0.25) is 0 Å². The van der Waals surface area contributed by atoms with Gasteiger partial charge in [-0.15, -0.1) is 0 Å². The predicted molar refractivity (Wildman–Crippen MR) is 56.1 cm³/mol. The number of hydrogen-bond donors (Lipinski definition) is 1. The van der Waals surface area contributed by atoms with Crippen molar-refractivity contribution in [1.82, 2.24) is 0 Å². The van der Waals surface area contributed by atoms with E-state index in [0.29, 0.717) is 12.2 Å². The standard InChI is InChI=1S/C11H14FNO2/c1-3-4-15-11(14)8-5-9(12)7(2)10(13)6-8/h5-6H,3-4,13H2,1-2H3. The van der Waals surface area contributed by atoms with Gasteiger partial charge in [0.15, 0.2) is 0 Å². The molecule has 4 heteroatoms. The van der Waals surface area contributed by atoms with E-state index in [2.05, 4.69) is 0 Å². The van der Waals surface area contributed by atoms with E-state index in [-0.39, 0.29) is 11.3 Å². The highest BCUT2D eigenvalue weighted by molar-refractivity contribution is 5.90. The van der Waals surface area contributed by atoms with Crippen LogP contribution in [0.3, 0.4) is 0 Å². The summed E-state index contributed by atoms with van der Waals surface area (Å²) >= 11 is 0. The second kappa shape index (κ2) is 4.77. The normalized spacial score (nSPS) is 10.1. The Morgan fingerprint density at radius 1 is 1.53 bits per heavy atom. The topological polar surface area (TPSA) is 52.3 Å². The van der Waals surface area contributed by atoms with Crippen molar-refractivity contribution in [2.75, 3.05) is 12.3 Å². The van der Waals surface area contributed by atoms with Crippen LogP contribution < -0.4 is 5.73 Å². The number of anilines is 1. The molecule has 1 rings (SSSR count). The minimum Gasteiger partial charge on any atom is -0.462 e. The summed E-state index contributed by atoms with van der Waals surface area (Å²) in [6.07, 6.45) is 0.732. The maximum absolute atomic E-state index is 13.2. The zero-order valence-electron chi connectivity index (χ0n) is 8.84. The number of ether oxygens (including phenoxy) is 1. The molecule has 0 saturated carbocycles. The zero-order chi connectivity index (χ0) is 11.4. The third-order valence-corrected chi connectivity index (χ3v) is 2.06. The van der Waals surface area contributed by atoms with Crippen molar-refractivity contribution in [3.63, 3.8) is 0 Å². The van der Waals surface area contributed by atoms with Crippen LogP contribution in [0.4, 0.5) is 10.1 Å². The second-order valence-electron chi connectivity index (χ2n) is 3.31. The van der Waals surface area contributed by atoms with Crippen LogP contribution in [0, 0.1) is 12.7 Å². The lowest BCUT2D eigenvalue weighted by molar-refractivity contribution is 0.0504. The van der Waals surface area contributed by atoms with Crippen LogP contribution in [0.15, 0.2) is 12.1 Å². The van der Waals surface area contributed by atoms with Gasteiger partial charge in [0.2, 0.25) is 0 Å². The quantitative estimate of drug-likeness (QED) is 0.616. The van der Waals surface area contributed by atoms with E-state index in [1.807, 2.05) is 6.92 Å². The second-order valence-corrected chi connectivity index (χ2v) is 3.31. The first-order chi connectivity index (χ1) is 7.06. The van der Waals surface area contributed by atoms with Crippen LogP contribution in [0.5, 0.6) is 0 Å². The van der Waals surface area contributed by atoms with Crippen LogP contribution in [0.25, 0.3) is 0 Å². The van der Waals surface area contributed by atoms with E-state index < -0.39 is 11.8 Å². The van der Waals surface area contributed by atoms with Gasteiger partial charge in [-0.05, 0) is 25.5 Å². The highest BCUT2D eigenvalue weighted by Crippen LogP contribution is 2.18. The van der Waals surface area contributed by atoms with Gasteiger partial charge in [-0.1, -0.05) is 6.92 Å². The lowest BCUT2D eigenvalue weighted by Crippen LogP contribution is -2.08. The Labute approximate surface area is 88.0 Å². The first kappa shape index (κ1) is 11.5. The zero-order valence-corrected chi connectivity index (χ0v) is 8.84. The van der Waals surface area contributed by atoms with Gasteiger partial charge in [-0.2, -0.15) is 0 Å². The average molecular weight is 211 g/mol. The smallest absolute Gasteiger partial charge is 0.338 e. The molecule has 0 fully saturated rings. The van der Waals surface area contributed by atoms with Crippen LogP contribution in [-0.4, -0.2) is 12.6 Å². The van der Waals surface area contributed by atoms with Gasteiger partial charge >= 0.3 is 5.97 Å². The third kappa shape index (κ3) is 2.68. The Bertz CT molecular complexity index is 354. The molecule has 1 aromatic carbocycles. The Morgan fingerprint density at radius 2 is 2.20 bits per heavy atom. The molecule has 3 nitrogen and oxygen atoms in total. The SMILES string of the molecule is CCCOC(=O)c1cc(N)c(C)c(F)c1. The van der Waals surface area contributed by atoms with Crippen molar-refractivity contribution < 1.29 is 13.9 Å². The molecule has 0 spiro atoms. The van der Waals surface area contributed by atoms with Crippen molar-refractivity contribution in [3.05, 3.63) is 29.1 Å². The number of rotatable bonds is 3. The van der Waals surface area contributed by atoms with Crippen molar-refractivity contribution >= 4 is 11.7 Å². The molecule has 0 saturated heterocycles. The molecule has 2 N–H and O–H groups in total. The molecule has 0 heterocycles. The van der Waals surface area contributed by atoms with E-state index >= 15 is 0 Å². The van der Waals surface area contributed by atoms with Crippen molar-refractivity contribution in [1.29, 1.82) is 0 Å². The molecular weight excluding hydrogens is 197 g/mol. The molecule has 0 aliphatic carbocycles. The minimum atomic E-state index is -0.539. The minimum absolute atomic E-state index is 0.157. The van der Waals surface area contributed by atoms with Crippen LogP contribution >= 0.6 is 0 Å². The number of hydrogen-bond acceptors (Lipinski definition) is 3. The van der Waals surface area contributed by atoms with Crippen LogP contribution in [-0.2, 0) is 4.74 Å². The van der Waals surface area contributed by atoms with E-state index in [9.17, 15) is 9.18 Å². The van der Waals surface area contributed by atoms with Crippen molar-refractivity contribution in [2.24, 2.45) is 0 Å². The Hall–Kier alpha value is -1.58. The van der Waals surface area contributed by atoms with Gasteiger partial charge in [-0.25, -0.2) is 9.18 Å². The van der Waals surface area contributed by atoms with E-state index in [4.69, 9.17) is 10.5 Å². The monoisotopic (exact) mass is 211 g/mol. The molecule has 0 amide bonds. The number of carbonyl (C=O) groups is 1. The maximum atomic E-state index is 13.2. The van der Waals surface area contributed by atoms with Gasteiger partial charge in [-0.3, -0.25) is 0 Å². The van der Waals surface area contributed by atoms with Crippen molar-refractivity contribution in [2.45, 2.75) is 20.3 Å². The Kier molecular flexibility index (Phi) is 3.66. The van der Waals surface area contributed by atoms with E-state index in [0.717, 1.165) is 12.5 Å². The molecule has 1 aromatic rings. The fraction of sp³-hybridized carbons (Fsp3) is 0.364. The molecule has 15 heavy (non-hydrogen) atoms. The number of halogens is 1. The Morgan fingerprint density at radius 3 is 2.73 bits per heavy atom. The fourth-order valence-electron chi connectivity index (χ4n) is 1.10. The molecular formula is C11H14FNO2. The van der Waals surface area contributed by atoms with Gasteiger partial charge < -0.3 is 10.5 Å². The number of benzene rings is 1. The maximum Gasteiger partial charge on any atom is 0.338 e. The van der Waals surface area contributed by atoms with Crippen LogP contribution in [0.1, 0.15) is 29.3 Å². The number of nitrogen functional groups attached to an aromatic ring is 1. The summed E-state index contributed by atoms with van der Waals surface area (Å²) in [5.74, 6) is -1.03. The summed E-state index contributed by atoms with van der Waals surface area (Å²) < 4.78 is 18.1. The summed E-state index contributed by atoms with van der Waals surface area (Å²) in [6, 6.07) is 2.57. The number of esters is 1. The summed E-state index contributed by atoms with van der Waals surface area (Å²) in [6.45, 7) is 3.78. The molecule has 0 aliphatic rings. The number of carbonyl (C=O) groups excluding carboxylic acids is 1. The van der Waals surface area contributed by atoms with E-state index in [1.165, 1.54) is 6.07 Å². The van der Waals surface area contributed by atoms with E-state index in [1.54, 1.807) is 6.92 Å². The molecule has 82 valence electrons. The molecule has 0 radical (unpaired) electrons. The third-order valence-electron chi connectivity index (χ3n) is 2.06. The summed E-state index contributed by atoms with van der Waals surface area (Å²) in [7, 11) is 0. The van der Waals surface area contributed by atoms with Gasteiger partial charge in [0, 0.05) is 11.3 Å². The molecule has 0 aromatic heterocycles. The van der Waals surface area contributed by atoms with Gasteiger partial charge in [0.25, 0.3) is 0 Å². The highest BCUT2D eigenvalue weighted by Gasteiger charge is 2.11. The van der Waals surface area contributed by atoms with Gasteiger partial charge in [0.05, 0.1) is 12.2 Å². The summed E-state index contributed by atoms with van der Waals surface area (Å²) in [4.78, 5) is 11.4. The lowest BCUT2D eigenvalue weighted by Gasteiger charge is -2.06.